The van der Waals surface area contributed by atoms with E-state index in [1.807, 2.05) is 0 Å². The SMILES string of the molecule is O=C(NCc1cnc[nH]1)c1c[nH]c(=O)cn1. The Labute approximate surface area is 90.0 Å². The van der Waals surface area contributed by atoms with Crippen LogP contribution in [-0.4, -0.2) is 25.8 Å². The summed E-state index contributed by atoms with van der Waals surface area (Å²) in [7, 11) is 0. The lowest BCUT2D eigenvalue weighted by Crippen LogP contribution is -2.25. The summed E-state index contributed by atoms with van der Waals surface area (Å²) in [5.74, 6) is -0.356. The third-order valence-electron chi connectivity index (χ3n) is 1.90. The van der Waals surface area contributed by atoms with Crippen molar-refractivity contribution < 1.29 is 4.79 Å². The fourth-order valence-electron chi connectivity index (χ4n) is 1.11. The molecule has 0 atom stereocenters. The number of H-pyrrole nitrogens is 2. The second-order valence-electron chi connectivity index (χ2n) is 3.06. The van der Waals surface area contributed by atoms with Gasteiger partial charge in [-0.15, -0.1) is 0 Å². The standard InChI is InChI=1S/C9H9N5O2/c15-8-4-11-7(3-12-8)9(16)13-2-6-1-10-5-14-6/h1,3-5H,2H2,(H,10,14)(H,12,15)(H,13,16). The lowest BCUT2D eigenvalue weighted by Gasteiger charge is -2.01. The van der Waals surface area contributed by atoms with Gasteiger partial charge in [-0.1, -0.05) is 0 Å². The summed E-state index contributed by atoms with van der Waals surface area (Å²) in [6.07, 6.45) is 5.47. The molecule has 16 heavy (non-hydrogen) atoms. The first-order chi connectivity index (χ1) is 7.75. The van der Waals surface area contributed by atoms with Gasteiger partial charge in [0.2, 0.25) is 0 Å². The summed E-state index contributed by atoms with van der Waals surface area (Å²) < 4.78 is 0. The van der Waals surface area contributed by atoms with Gasteiger partial charge in [-0.05, 0) is 0 Å². The molecule has 0 saturated carbocycles. The maximum absolute atomic E-state index is 11.5. The molecule has 0 aliphatic rings. The fraction of sp³-hybridized carbons (Fsp3) is 0.111. The number of rotatable bonds is 3. The Balaban J connectivity index is 1.98. The van der Waals surface area contributed by atoms with Gasteiger partial charge in [0.1, 0.15) is 5.69 Å². The Morgan fingerprint density at radius 3 is 2.88 bits per heavy atom. The summed E-state index contributed by atoms with van der Waals surface area (Å²) in [6, 6.07) is 0. The molecule has 2 aromatic rings. The molecule has 0 bridgehead atoms. The number of nitrogens with zero attached hydrogens (tertiary/aromatic N) is 2. The molecule has 0 spiro atoms. The number of hydrogen-bond donors (Lipinski definition) is 3. The number of hydrogen-bond acceptors (Lipinski definition) is 4. The Morgan fingerprint density at radius 1 is 1.38 bits per heavy atom. The lowest BCUT2D eigenvalue weighted by atomic mass is 10.4. The van der Waals surface area contributed by atoms with Crippen LogP contribution in [0.15, 0.2) is 29.7 Å². The molecule has 0 radical (unpaired) electrons. The zero-order valence-corrected chi connectivity index (χ0v) is 8.23. The van der Waals surface area contributed by atoms with E-state index in [0.717, 1.165) is 11.9 Å². The number of nitrogens with one attached hydrogen (secondary N) is 3. The highest BCUT2D eigenvalue weighted by Crippen LogP contribution is 1.92. The molecule has 0 fully saturated rings. The Hall–Kier alpha value is -2.44. The van der Waals surface area contributed by atoms with E-state index in [4.69, 9.17) is 0 Å². The largest absolute Gasteiger partial charge is 0.347 e. The van der Waals surface area contributed by atoms with Crippen LogP contribution in [0.2, 0.25) is 0 Å². The second kappa shape index (κ2) is 4.39. The number of aromatic amines is 2. The van der Waals surface area contributed by atoms with Crippen LogP contribution in [0.1, 0.15) is 16.2 Å². The van der Waals surface area contributed by atoms with Crippen molar-refractivity contribution in [3.8, 4) is 0 Å². The normalized spacial score (nSPS) is 10.0. The first kappa shape index (κ1) is 10.1. The van der Waals surface area contributed by atoms with E-state index in [9.17, 15) is 9.59 Å². The maximum atomic E-state index is 11.5. The number of imidazole rings is 1. The third kappa shape index (κ3) is 2.32. The minimum Gasteiger partial charge on any atom is -0.347 e. The summed E-state index contributed by atoms with van der Waals surface area (Å²) >= 11 is 0. The van der Waals surface area contributed by atoms with Crippen molar-refractivity contribution in [1.82, 2.24) is 25.3 Å². The van der Waals surface area contributed by atoms with Crippen LogP contribution < -0.4 is 10.9 Å². The average Bonchev–Trinajstić information content (AvgIpc) is 2.80. The van der Waals surface area contributed by atoms with E-state index in [1.165, 1.54) is 12.5 Å². The van der Waals surface area contributed by atoms with Crippen molar-refractivity contribution in [3.63, 3.8) is 0 Å². The van der Waals surface area contributed by atoms with E-state index in [1.54, 1.807) is 6.20 Å². The molecule has 0 saturated heterocycles. The zero-order chi connectivity index (χ0) is 11.4. The molecule has 7 nitrogen and oxygen atoms in total. The van der Waals surface area contributed by atoms with Crippen molar-refractivity contribution in [2.45, 2.75) is 6.54 Å². The highest BCUT2D eigenvalue weighted by atomic mass is 16.2. The topological polar surface area (TPSA) is 104 Å². The predicted octanol–water partition coefficient (Wildman–Crippen LogP) is -0.577. The van der Waals surface area contributed by atoms with Gasteiger partial charge < -0.3 is 15.3 Å². The highest BCUT2D eigenvalue weighted by Gasteiger charge is 2.06. The zero-order valence-electron chi connectivity index (χ0n) is 8.23. The van der Waals surface area contributed by atoms with Crippen LogP contribution in [0.3, 0.4) is 0 Å². The molecule has 7 heteroatoms. The minimum absolute atomic E-state index is 0.166. The monoisotopic (exact) mass is 219 g/mol. The van der Waals surface area contributed by atoms with Crippen LogP contribution in [0.5, 0.6) is 0 Å². The molecule has 2 aromatic heterocycles. The first-order valence-corrected chi connectivity index (χ1v) is 4.56. The quantitative estimate of drug-likeness (QED) is 0.642. The van der Waals surface area contributed by atoms with E-state index >= 15 is 0 Å². The van der Waals surface area contributed by atoms with Gasteiger partial charge >= 0.3 is 0 Å². The fourth-order valence-corrected chi connectivity index (χ4v) is 1.11. The first-order valence-electron chi connectivity index (χ1n) is 4.56. The Bertz CT molecular complexity index is 511. The van der Waals surface area contributed by atoms with Crippen LogP contribution in [0.4, 0.5) is 0 Å². The number of carbonyl (C=O) groups is 1. The summed E-state index contributed by atoms with van der Waals surface area (Å²) in [6.45, 7) is 0.333. The smallest absolute Gasteiger partial charge is 0.271 e. The van der Waals surface area contributed by atoms with Crippen molar-refractivity contribution in [1.29, 1.82) is 0 Å². The number of carbonyl (C=O) groups excluding carboxylic acids is 1. The highest BCUT2D eigenvalue weighted by molar-refractivity contribution is 5.91. The summed E-state index contributed by atoms with van der Waals surface area (Å²) in [5.41, 5.74) is 0.613. The third-order valence-corrected chi connectivity index (χ3v) is 1.90. The summed E-state index contributed by atoms with van der Waals surface area (Å²) in [5, 5.41) is 2.63. The van der Waals surface area contributed by atoms with E-state index in [0.29, 0.717) is 6.54 Å². The lowest BCUT2D eigenvalue weighted by molar-refractivity contribution is 0.0945. The van der Waals surface area contributed by atoms with Crippen molar-refractivity contribution in [2.24, 2.45) is 0 Å². The van der Waals surface area contributed by atoms with Gasteiger partial charge in [0, 0.05) is 12.4 Å². The molecule has 0 aliphatic carbocycles. The Morgan fingerprint density at radius 2 is 2.25 bits per heavy atom. The number of amides is 1. The van der Waals surface area contributed by atoms with E-state index in [2.05, 4.69) is 25.3 Å². The Kier molecular flexibility index (Phi) is 2.77. The van der Waals surface area contributed by atoms with Crippen LogP contribution in [-0.2, 0) is 6.54 Å². The van der Waals surface area contributed by atoms with Crippen LogP contribution in [0.25, 0.3) is 0 Å². The van der Waals surface area contributed by atoms with Gasteiger partial charge in [-0.2, -0.15) is 0 Å². The molecule has 0 unspecified atom stereocenters. The molecular formula is C9H9N5O2. The van der Waals surface area contributed by atoms with Crippen molar-refractivity contribution in [3.05, 3.63) is 46.7 Å². The second-order valence-corrected chi connectivity index (χ2v) is 3.06. The van der Waals surface area contributed by atoms with Gasteiger partial charge in [0.15, 0.2) is 0 Å². The van der Waals surface area contributed by atoms with Crippen molar-refractivity contribution in [2.75, 3.05) is 0 Å². The average molecular weight is 219 g/mol. The van der Waals surface area contributed by atoms with Gasteiger partial charge in [0.05, 0.1) is 24.8 Å². The minimum atomic E-state index is -0.356. The summed E-state index contributed by atoms with van der Waals surface area (Å²) in [4.78, 5) is 35.0. The van der Waals surface area contributed by atoms with E-state index < -0.39 is 0 Å². The van der Waals surface area contributed by atoms with Crippen LogP contribution in [0, 0.1) is 0 Å². The molecule has 3 N–H and O–H groups in total. The van der Waals surface area contributed by atoms with Gasteiger partial charge in [-0.25, -0.2) is 9.97 Å². The van der Waals surface area contributed by atoms with Crippen molar-refractivity contribution >= 4 is 5.91 Å². The van der Waals surface area contributed by atoms with Gasteiger partial charge in [-0.3, -0.25) is 9.59 Å². The maximum Gasteiger partial charge on any atom is 0.271 e. The van der Waals surface area contributed by atoms with Gasteiger partial charge in [0.25, 0.3) is 11.5 Å². The molecule has 2 heterocycles. The molecule has 82 valence electrons. The molecule has 0 aromatic carbocycles. The van der Waals surface area contributed by atoms with E-state index in [-0.39, 0.29) is 17.2 Å². The molecular weight excluding hydrogens is 210 g/mol. The molecule has 2 rings (SSSR count). The predicted molar refractivity (Wildman–Crippen MR) is 54.6 cm³/mol. The van der Waals surface area contributed by atoms with Crippen LogP contribution >= 0.6 is 0 Å². The molecule has 0 aliphatic heterocycles. The molecule has 1 amide bonds. The number of aromatic nitrogens is 4.